The minimum Gasteiger partial charge on any atom is -0.348 e. The molecule has 0 saturated carbocycles. The third kappa shape index (κ3) is 5.16. The van der Waals surface area contributed by atoms with Gasteiger partial charge in [-0.05, 0) is 31.2 Å². The maximum atomic E-state index is 12.6. The Balaban J connectivity index is 2.22. The summed E-state index contributed by atoms with van der Waals surface area (Å²) < 4.78 is 63.0. The van der Waals surface area contributed by atoms with E-state index in [2.05, 4.69) is 10.6 Å². The van der Waals surface area contributed by atoms with Crippen molar-refractivity contribution in [1.82, 2.24) is 14.9 Å². The van der Waals surface area contributed by atoms with Gasteiger partial charge in [-0.1, -0.05) is 13.0 Å². The number of sulfonamides is 1. The first-order valence-corrected chi connectivity index (χ1v) is 9.26. The summed E-state index contributed by atoms with van der Waals surface area (Å²) in [7, 11) is -4.35. The molecule has 1 aromatic carbocycles. The van der Waals surface area contributed by atoms with Crippen LogP contribution >= 0.6 is 0 Å². The second-order valence-electron chi connectivity index (χ2n) is 5.74. The molecule has 0 radical (unpaired) electrons. The summed E-state index contributed by atoms with van der Waals surface area (Å²) in [5.74, 6) is -0.454. The molecule has 1 heterocycles. The van der Waals surface area contributed by atoms with Gasteiger partial charge in [0.05, 0.1) is 4.90 Å². The first kappa shape index (κ1) is 19.7. The van der Waals surface area contributed by atoms with Crippen molar-refractivity contribution in [3.05, 3.63) is 29.8 Å². The van der Waals surface area contributed by atoms with Gasteiger partial charge >= 0.3 is 6.18 Å². The molecule has 1 atom stereocenters. The van der Waals surface area contributed by atoms with Crippen molar-refractivity contribution >= 4 is 15.9 Å². The zero-order valence-corrected chi connectivity index (χ0v) is 14.5. The molecule has 6 nitrogen and oxygen atoms in total. The molecular formula is C15H20F3N3O3S. The molecule has 0 spiro atoms. The summed E-state index contributed by atoms with van der Waals surface area (Å²) >= 11 is 0. The number of amides is 1. The molecule has 1 fully saturated rings. The lowest BCUT2D eigenvalue weighted by molar-refractivity contribution is -0.135. The highest BCUT2D eigenvalue weighted by molar-refractivity contribution is 7.89. The van der Waals surface area contributed by atoms with Gasteiger partial charge in [-0.15, -0.1) is 0 Å². The molecular weight excluding hydrogens is 359 g/mol. The minimum atomic E-state index is -4.65. The fraction of sp³-hybridized carbons (Fsp3) is 0.533. The van der Waals surface area contributed by atoms with E-state index in [9.17, 15) is 26.4 Å². The molecule has 1 aliphatic rings. The number of halogens is 3. The molecule has 2 N–H and O–H groups in total. The zero-order valence-electron chi connectivity index (χ0n) is 13.6. The molecule has 1 aromatic rings. The van der Waals surface area contributed by atoms with Gasteiger partial charge in [0.15, 0.2) is 0 Å². The summed E-state index contributed by atoms with van der Waals surface area (Å²) in [6.45, 7) is 0.830. The van der Waals surface area contributed by atoms with E-state index < -0.39 is 28.7 Å². The molecule has 140 valence electrons. The number of carbonyl (C=O) groups excluding carboxylic acids is 1. The number of alkyl halides is 3. The molecule has 1 aliphatic heterocycles. The lowest BCUT2D eigenvalue weighted by Crippen LogP contribution is -2.39. The summed E-state index contributed by atoms with van der Waals surface area (Å²) in [6, 6.07) is 5.01. The Kier molecular flexibility index (Phi) is 6.07. The van der Waals surface area contributed by atoms with Crippen molar-refractivity contribution in [2.45, 2.75) is 30.5 Å². The highest BCUT2D eigenvalue weighted by Gasteiger charge is 2.36. The highest BCUT2D eigenvalue weighted by Crippen LogP contribution is 2.23. The van der Waals surface area contributed by atoms with Gasteiger partial charge in [0.1, 0.15) is 6.54 Å². The van der Waals surface area contributed by atoms with Crippen LogP contribution < -0.4 is 10.6 Å². The number of hydrogen-bond acceptors (Lipinski definition) is 4. The second-order valence-corrected chi connectivity index (χ2v) is 7.68. The van der Waals surface area contributed by atoms with Crippen LogP contribution in [-0.4, -0.2) is 57.0 Å². The predicted octanol–water partition coefficient (Wildman–Crippen LogP) is 1.35. The highest BCUT2D eigenvalue weighted by atomic mass is 32.2. The number of nitrogens with one attached hydrogen (secondary N) is 2. The summed E-state index contributed by atoms with van der Waals surface area (Å²) in [5, 5.41) is 5.85. The lowest BCUT2D eigenvalue weighted by atomic mass is 10.2. The summed E-state index contributed by atoms with van der Waals surface area (Å²) in [5.41, 5.74) is 0.0936. The second kappa shape index (κ2) is 7.71. The average Bonchev–Trinajstić information content (AvgIpc) is 3.04. The van der Waals surface area contributed by atoms with Crippen molar-refractivity contribution in [2.24, 2.45) is 0 Å². The van der Waals surface area contributed by atoms with Crippen LogP contribution in [0, 0.1) is 0 Å². The van der Waals surface area contributed by atoms with E-state index in [1.807, 2.05) is 0 Å². The molecule has 2 rings (SSSR count). The van der Waals surface area contributed by atoms with Crippen LogP contribution in [0.25, 0.3) is 0 Å². The van der Waals surface area contributed by atoms with Crippen molar-refractivity contribution in [3.8, 4) is 0 Å². The third-order valence-corrected chi connectivity index (χ3v) is 5.75. The van der Waals surface area contributed by atoms with Gasteiger partial charge in [0.25, 0.3) is 5.91 Å². The Labute approximate surface area is 144 Å². The van der Waals surface area contributed by atoms with Gasteiger partial charge < -0.3 is 10.6 Å². The largest absolute Gasteiger partial charge is 0.402 e. The fourth-order valence-corrected chi connectivity index (χ4v) is 4.04. The maximum Gasteiger partial charge on any atom is 0.402 e. The van der Waals surface area contributed by atoms with Crippen molar-refractivity contribution < 1.29 is 26.4 Å². The monoisotopic (exact) mass is 379 g/mol. The number of nitrogens with zero attached hydrogens (tertiary/aromatic N) is 1. The van der Waals surface area contributed by atoms with Gasteiger partial charge in [-0.3, -0.25) is 4.79 Å². The van der Waals surface area contributed by atoms with Crippen LogP contribution in [0.3, 0.4) is 0 Å². The number of carbonyl (C=O) groups is 1. The standard InChI is InChI=1S/C15H20F3N3O3S/c1-2-21(10-15(16,17)18)25(23,24)13-5-3-4-11(8-13)14(22)20-12-6-7-19-9-12/h3-5,8,12,19H,2,6-7,9-10H2,1H3,(H,20,22)/t12-/m0/s1. The SMILES string of the molecule is CCN(CC(F)(F)F)S(=O)(=O)c1cccc(C(=O)N[C@H]2CCNC2)c1. The Morgan fingerprint density at radius 2 is 2.12 bits per heavy atom. The van der Waals surface area contributed by atoms with Crippen LogP contribution in [0.15, 0.2) is 29.2 Å². The summed E-state index contributed by atoms with van der Waals surface area (Å²) in [6.07, 6.45) is -3.88. The van der Waals surface area contributed by atoms with E-state index in [1.54, 1.807) is 0 Å². The maximum absolute atomic E-state index is 12.6. The fourth-order valence-electron chi connectivity index (χ4n) is 2.56. The van der Waals surface area contributed by atoms with Gasteiger partial charge in [-0.2, -0.15) is 17.5 Å². The topological polar surface area (TPSA) is 78.5 Å². The van der Waals surface area contributed by atoms with E-state index >= 15 is 0 Å². The Morgan fingerprint density at radius 3 is 2.68 bits per heavy atom. The molecule has 1 amide bonds. The smallest absolute Gasteiger partial charge is 0.348 e. The van der Waals surface area contributed by atoms with Crippen LogP contribution in [0.5, 0.6) is 0 Å². The van der Waals surface area contributed by atoms with Crippen LogP contribution in [0.4, 0.5) is 13.2 Å². The predicted molar refractivity (Wildman–Crippen MR) is 85.7 cm³/mol. The van der Waals surface area contributed by atoms with Gasteiger partial charge in [-0.25, -0.2) is 8.42 Å². The normalized spacial score (nSPS) is 18.5. The van der Waals surface area contributed by atoms with Crippen molar-refractivity contribution in [1.29, 1.82) is 0 Å². The Hall–Kier alpha value is -1.65. The number of rotatable bonds is 6. The molecule has 0 unspecified atom stereocenters. The van der Waals surface area contributed by atoms with E-state index in [4.69, 9.17) is 0 Å². The molecule has 25 heavy (non-hydrogen) atoms. The molecule has 0 aliphatic carbocycles. The van der Waals surface area contributed by atoms with Crippen molar-refractivity contribution in [2.75, 3.05) is 26.2 Å². The Morgan fingerprint density at radius 1 is 1.40 bits per heavy atom. The summed E-state index contributed by atoms with van der Waals surface area (Å²) in [4.78, 5) is 11.9. The van der Waals surface area contributed by atoms with E-state index in [0.717, 1.165) is 19.0 Å². The van der Waals surface area contributed by atoms with Crippen molar-refractivity contribution in [3.63, 3.8) is 0 Å². The molecule has 0 aromatic heterocycles. The average molecular weight is 379 g/mol. The third-order valence-electron chi connectivity index (χ3n) is 3.84. The van der Waals surface area contributed by atoms with E-state index in [1.165, 1.54) is 25.1 Å². The van der Waals surface area contributed by atoms with Gasteiger partial charge in [0.2, 0.25) is 10.0 Å². The number of hydrogen-bond donors (Lipinski definition) is 2. The van der Waals surface area contributed by atoms with Crippen LogP contribution in [0.2, 0.25) is 0 Å². The number of benzene rings is 1. The zero-order chi connectivity index (χ0) is 18.7. The first-order valence-electron chi connectivity index (χ1n) is 7.82. The molecule has 10 heteroatoms. The molecule has 1 saturated heterocycles. The van der Waals surface area contributed by atoms with Crippen LogP contribution in [-0.2, 0) is 10.0 Å². The van der Waals surface area contributed by atoms with E-state index in [0.29, 0.717) is 10.8 Å². The van der Waals surface area contributed by atoms with Gasteiger partial charge in [0, 0.05) is 24.7 Å². The Bertz CT molecular complexity index is 716. The quantitative estimate of drug-likeness (QED) is 0.782. The van der Waals surface area contributed by atoms with Crippen LogP contribution in [0.1, 0.15) is 23.7 Å². The first-order chi connectivity index (χ1) is 11.6. The molecule has 0 bridgehead atoms. The van der Waals surface area contributed by atoms with E-state index in [-0.39, 0.29) is 23.0 Å². The minimum absolute atomic E-state index is 0.0508. The lowest BCUT2D eigenvalue weighted by Gasteiger charge is -2.22.